The lowest BCUT2D eigenvalue weighted by Crippen LogP contribution is -2.23. The van der Waals surface area contributed by atoms with Crippen molar-refractivity contribution in [1.29, 1.82) is 0 Å². The summed E-state index contributed by atoms with van der Waals surface area (Å²) in [7, 11) is 1.82. The summed E-state index contributed by atoms with van der Waals surface area (Å²) in [5, 5.41) is 27.8. The van der Waals surface area contributed by atoms with E-state index in [-0.39, 0.29) is 0 Å². The molecule has 0 amide bonds. The van der Waals surface area contributed by atoms with Gasteiger partial charge in [-0.3, -0.25) is 9.36 Å². The summed E-state index contributed by atoms with van der Waals surface area (Å²) >= 11 is 0. The molecule has 0 fully saturated rings. The molecule has 0 radical (unpaired) electrons. The first kappa shape index (κ1) is 15.8. The number of aliphatic hydroxyl groups excluding tert-OH is 1. The smallest absolute Gasteiger partial charge is 0.151 e. The first-order valence-corrected chi connectivity index (χ1v) is 8.39. The quantitative estimate of drug-likeness (QED) is 0.772. The maximum atomic E-state index is 10.6. The third-order valence-electron chi connectivity index (χ3n) is 4.56. The molecular weight excluding hydrogens is 318 g/mol. The van der Waals surface area contributed by atoms with Crippen LogP contribution in [0.15, 0.2) is 30.5 Å². The summed E-state index contributed by atoms with van der Waals surface area (Å²) in [6, 6.07) is 7.75. The van der Waals surface area contributed by atoms with Gasteiger partial charge in [0.25, 0.3) is 0 Å². The van der Waals surface area contributed by atoms with Crippen LogP contribution < -0.4 is 4.90 Å². The predicted octanol–water partition coefficient (Wildman–Crippen LogP) is 1.21. The van der Waals surface area contributed by atoms with Gasteiger partial charge in [-0.1, -0.05) is 0 Å². The maximum Gasteiger partial charge on any atom is 0.151 e. The predicted molar refractivity (Wildman–Crippen MR) is 91.9 cm³/mol. The van der Waals surface area contributed by atoms with Gasteiger partial charge in [-0.25, -0.2) is 0 Å². The Balaban J connectivity index is 1.60. The molecule has 0 saturated heterocycles. The van der Waals surface area contributed by atoms with Crippen LogP contribution in [0.4, 0.5) is 5.82 Å². The van der Waals surface area contributed by atoms with Crippen LogP contribution in [0.2, 0.25) is 0 Å². The minimum Gasteiger partial charge on any atom is -0.380 e. The number of aliphatic hydroxyl groups is 1. The van der Waals surface area contributed by atoms with Crippen molar-refractivity contribution in [3.8, 4) is 0 Å². The molecule has 1 N–H and O–H groups in total. The molecule has 0 spiro atoms. The molecule has 1 aliphatic rings. The molecule has 1 atom stereocenters. The molecule has 1 aliphatic heterocycles. The van der Waals surface area contributed by atoms with E-state index in [1.54, 1.807) is 10.9 Å². The average Bonchev–Trinajstić information content (AvgIpc) is 3.16. The van der Waals surface area contributed by atoms with Crippen LogP contribution in [0.3, 0.4) is 0 Å². The second kappa shape index (κ2) is 6.29. The first-order valence-electron chi connectivity index (χ1n) is 8.39. The minimum atomic E-state index is -0.778. The van der Waals surface area contributed by atoms with E-state index in [1.165, 1.54) is 0 Å². The van der Waals surface area contributed by atoms with E-state index < -0.39 is 6.10 Å². The van der Waals surface area contributed by atoms with Crippen LogP contribution in [0.1, 0.15) is 35.3 Å². The largest absolute Gasteiger partial charge is 0.380 e. The van der Waals surface area contributed by atoms with Gasteiger partial charge in [-0.05, 0) is 37.6 Å². The maximum absolute atomic E-state index is 10.6. The molecule has 0 aliphatic carbocycles. The van der Waals surface area contributed by atoms with Gasteiger partial charge in [0.1, 0.15) is 6.10 Å². The van der Waals surface area contributed by atoms with Gasteiger partial charge in [-0.15, -0.1) is 5.10 Å². The summed E-state index contributed by atoms with van der Waals surface area (Å²) < 4.78 is 3.65. The molecule has 25 heavy (non-hydrogen) atoms. The number of hydrogen-bond donors (Lipinski definition) is 1. The van der Waals surface area contributed by atoms with Crippen molar-refractivity contribution >= 4 is 5.82 Å². The summed E-state index contributed by atoms with van der Waals surface area (Å²) in [5.41, 5.74) is 3.35. The van der Waals surface area contributed by atoms with Crippen molar-refractivity contribution in [1.82, 2.24) is 29.8 Å². The van der Waals surface area contributed by atoms with E-state index in [4.69, 9.17) is 0 Å². The number of fused-ring (bicyclic) bond motifs is 1. The zero-order valence-electron chi connectivity index (χ0n) is 14.4. The lowest BCUT2D eigenvalue weighted by Gasteiger charge is -2.20. The molecule has 1 unspecified atom stereocenters. The molecule has 0 saturated carbocycles. The Bertz CT molecular complexity index is 868. The molecule has 4 rings (SSSR count). The van der Waals surface area contributed by atoms with E-state index in [0.717, 1.165) is 42.4 Å². The Labute approximate surface area is 145 Å². The van der Waals surface area contributed by atoms with E-state index >= 15 is 0 Å². The Morgan fingerprint density at radius 2 is 2.04 bits per heavy atom. The monoisotopic (exact) mass is 339 g/mol. The molecule has 4 heterocycles. The van der Waals surface area contributed by atoms with Gasteiger partial charge in [0.05, 0.1) is 29.3 Å². The number of aryl methyl sites for hydroxylation is 3. The van der Waals surface area contributed by atoms with Crippen molar-refractivity contribution in [3.05, 3.63) is 53.2 Å². The molecule has 0 aromatic carbocycles. The van der Waals surface area contributed by atoms with Crippen molar-refractivity contribution in [2.24, 2.45) is 7.05 Å². The zero-order chi connectivity index (χ0) is 17.4. The van der Waals surface area contributed by atoms with Crippen molar-refractivity contribution in [3.63, 3.8) is 0 Å². The molecule has 0 bridgehead atoms. The molecule has 8 nitrogen and oxygen atoms in total. The Morgan fingerprint density at radius 1 is 1.16 bits per heavy atom. The number of hydrogen-bond acceptors (Lipinski definition) is 6. The molecule has 130 valence electrons. The average molecular weight is 339 g/mol. The van der Waals surface area contributed by atoms with Crippen molar-refractivity contribution in [2.45, 2.75) is 32.5 Å². The topological polar surface area (TPSA) is 84.9 Å². The second-order valence-corrected chi connectivity index (χ2v) is 6.37. The molecule has 8 heteroatoms. The highest BCUT2D eigenvalue weighted by molar-refractivity contribution is 5.38. The van der Waals surface area contributed by atoms with Crippen LogP contribution in [-0.2, 0) is 20.1 Å². The summed E-state index contributed by atoms with van der Waals surface area (Å²) in [6.07, 6.45) is 1.86. The van der Waals surface area contributed by atoms with Crippen LogP contribution in [0, 0.1) is 6.92 Å². The SMILES string of the molecule is Cc1ccc(N2CCCn3nc(C(O)c4ccnn4C)cc3C2)nn1. The standard InChI is InChI=1S/C17H21N7O/c1-12-4-5-16(20-19-12)23-8-3-9-24-13(11-23)10-14(21-24)17(25)15-6-7-18-22(15)2/h4-7,10,17,25H,3,8-9,11H2,1-2H3. The molecule has 3 aromatic heterocycles. The van der Waals surface area contributed by atoms with E-state index in [9.17, 15) is 5.11 Å². The first-order chi connectivity index (χ1) is 12.1. The van der Waals surface area contributed by atoms with Gasteiger partial charge >= 0.3 is 0 Å². The highest BCUT2D eigenvalue weighted by Gasteiger charge is 2.22. The third-order valence-corrected chi connectivity index (χ3v) is 4.56. The Morgan fingerprint density at radius 3 is 2.76 bits per heavy atom. The van der Waals surface area contributed by atoms with Crippen molar-refractivity contribution in [2.75, 3.05) is 11.4 Å². The van der Waals surface area contributed by atoms with Crippen molar-refractivity contribution < 1.29 is 5.11 Å². The summed E-state index contributed by atoms with van der Waals surface area (Å²) in [6.45, 7) is 4.35. The normalized spacial score (nSPS) is 15.7. The second-order valence-electron chi connectivity index (χ2n) is 6.37. The van der Waals surface area contributed by atoms with Crippen LogP contribution in [0.5, 0.6) is 0 Å². The highest BCUT2D eigenvalue weighted by atomic mass is 16.3. The number of rotatable bonds is 3. The molecular formula is C17H21N7O. The van der Waals surface area contributed by atoms with Gasteiger partial charge in [0, 0.05) is 26.3 Å². The lowest BCUT2D eigenvalue weighted by molar-refractivity contribution is 0.203. The zero-order valence-corrected chi connectivity index (χ0v) is 14.4. The van der Waals surface area contributed by atoms with Gasteiger partial charge < -0.3 is 10.0 Å². The fraction of sp³-hybridized carbons (Fsp3) is 0.412. The van der Waals surface area contributed by atoms with Crippen LogP contribution >= 0.6 is 0 Å². The summed E-state index contributed by atoms with van der Waals surface area (Å²) in [5.74, 6) is 0.869. The van der Waals surface area contributed by atoms with Gasteiger partial charge in [-0.2, -0.15) is 15.3 Å². The highest BCUT2D eigenvalue weighted by Crippen LogP contribution is 2.24. The summed E-state index contributed by atoms with van der Waals surface area (Å²) in [4.78, 5) is 2.20. The van der Waals surface area contributed by atoms with Crippen LogP contribution in [-0.4, -0.2) is 41.4 Å². The molecule has 3 aromatic rings. The lowest BCUT2D eigenvalue weighted by atomic mass is 10.2. The number of anilines is 1. The number of nitrogens with zero attached hydrogens (tertiary/aromatic N) is 7. The van der Waals surface area contributed by atoms with E-state index in [2.05, 4.69) is 25.3 Å². The Hall–Kier alpha value is -2.74. The van der Waals surface area contributed by atoms with Gasteiger partial charge in [0.15, 0.2) is 5.82 Å². The Kier molecular flexibility index (Phi) is 3.96. The third kappa shape index (κ3) is 3.00. The van der Waals surface area contributed by atoms with Crippen LogP contribution in [0.25, 0.3) is 0 Å². The van der Waals surface area contributed by atoms with E-state index in [1.807, 2.05) is 42.9 Å². The van der Waals surface area contributed by atoms with Gasteiger partial charge in [0.2, 0.25) is 0 Å². The fourth-order valence-electron chi connectivity index (χ4n) is 3.18. The van der Waals surface area contributed by atoms with E-state index in [0.29, 0.717) is 12.2 Å². The minimum absolute atomic E-state index is 0.649. The number of aromatic nitrogens is 6. The fourth-order valence-corrected chi connectivity index (χ4v) is 3.18.